The lowest BCUT2D eigenvalue weighted by Crippen LogP contribution is -2.07. The van der Waals surface area contributed by atoms with Crippen LogP contribution in [0.3, 0.4) is 0 Å². The van der Waals surface area contributed by atoms with Gasteiger partial charge in [-0.2, -0.15) is 0 Å². The van der Waals surface area contributed by atoms with Crippen molar-refractivity contribution < 1.29 is 29.3 Å². The standard InChI is InChI=1S/C29H29NO6/c1-16(2)18-5-7-19(8-6-18)26-24(36-21-11-9-20(10-12-21)35-17(3)4)14-13-22-27(26)28(29(33)34)23(30-22)15-25(31)32/h5-14,16-17,30H,15H2,1-4H3,(H,31,32)(H,33,34). The van der Waals surface area contributed by atoms with Gasteiger partial charge in [0.25, 0.3) is 0 Å². The molecule has 0 aliphatic heterocycles. The van der Waals surface area contributed by atoms with Crippen LogP contribution in [0.4, 0.5) is 0 Å². The zero-order chi connectivity index (χ0) is 26.0. The summed E-state index contributed by atoms with van der Waals surface area (Å²) in [6.45, 7) is 8.10. The third kappa shape index (κ3) is 5.20. The first kappa shape index (κ1) is 24.9. The summed E-state index contributed by atoms with van der Waals surface area (Å²) >= 11 is 0. The first-order valence-corrected chi connectivity index (χ1v) is 11.8. The van der Waals surface area contributed by atoms with Crippen LogP contribution in [-0.2, 0) is 11.2 Å². The van der Waals surface area contributed by atoms with Crippen LogP contribution < -0.4 is 9.47 Å². The van der Waals surface area contributed by atoms with E-state index in [0.717, 1.165) is 16.9 Å². The Balaban J connectivity index is 1.90. The van der Waals surface area contributed by atoms with Crippen LogP contribution in [0.25, 0.3) is 22.0 Å². The fraction of sp³-hybridized carbons (Fsp3) is 0.241. The summed E-state index contributed by atoms with van der Waals surface area (Å²) in [7, 11) is 0. The van der Waals surface area contributed by atoms with E-state index in [-0.39, 0.29) is 17.4 Å². The van der Waals surface area contributed by atoms with Gasteiger partial charge in [0, 0.05) is 22.2 Å². The molecular formula is C29H29NO6. The maximum absolute atomic E-state index is 12.3. The average Bonchev–Trinajstić information content (AvgIpc) is 3.17. The molecule has 1 heterocycles. The van der Waals surface area contributed by atoms with E-state index in [9.17, 15) is 19.8 Å². The summed E-state index contributed by atoms with van der Waals surface area (Å²) in [5, 5.41) is 19.8. The third-order valence-corrected chi connectivity index (χ3v) is 5.84. The Morgan fingerprint density at radius 3 is 2.06 bits per heavy atom. The molecule has 0 saturated carbocycles. The van der Waals surface area contributed by atoms with Gasteiger partial charge >= 0.3 is 11.9 Å². The molecule has 186 valence electrons. The molecule has 36 heavy (non-hydrogen) atoms. The SMILES string of the molecule is CC(C)Oc1ccc(Oc2ccc3[nH]c(CC(=O)O)c(C(=O)O)c3c2-c2ccc(C(C)C)cc2)cc1. The average molecular weight is 488 g/mol. The molecule has 0 bridgehead atoms. The van der Waals surface area contributed by atoms with Gasteiger partial charge in [-0.15, -0.1) is 0 Å². The number of hydrogen-bond donors (Lipinski definition) is 3. The molecule has 0 spiro atoms. The first-order valence-electron chi connectivity index (χ1n) is 11.8. The van der Waals surface area contributed by atoms with Crippen LogP contribution in [0.5, 0.6) is 17.2 Å². The largest absolute Gasteiger partial charge is 0.491 e. The van der Waals surface area contributed by atoms with E-state index >= 15 is 0 Å². The molecule has 3 N–H and O–H groups in total. The molecule has 4 aromatic rings. The molecule has 0 radical (unpaired) electrons. The highest BCUT2D eigenvalue weighted by molar-refractivity contribution is 6.12. The number of H-pyrrole nitrogens is 1. The minimum absolute atomic E-state index is 0.0441. The minimum Gasteiger partial charge on any atom is -0.491 e. The van der Waals surface area contributed by atoms with Crippen molar-refractivity contribution in [1.29, 1.82) is 0 Å². The maximum Gasteiger partial charge on any atom is 0.338 e. The molecule has 7 nitrogen and oxygen atoms in total. The normalized spacial score (nSPS) is 11.3. The van der Waals surface area contributed by atoms with E-state index in [1.807, 2.05) is 50.2 Å². The Bertz CT molecular complexity index is 1400. The molecule has 0 amide bonds. The summed E-state index contributed by atoms with van der Waals surface area (Å²) in [6.07, 6.45) is -0.391. The molecule has 4 rings (SSSR count). The van der Waals surface area contributed by atoms with Crippen LogP contribution in [-0.4, -0.2) is 33.2 Å². The number of hydrogen-bond acceptors (Lipinski definition) is 4. The van der Waals surface area contributed by atoms with Crippen molar-refractivity contribution in [1.82, 2.24) is 4.98 Å². The Hall–Kier alpha value is -4.26. The third-order valence-electron chi connectivity index (χ3n) is 5.84. The first-order chi connectivity index (χ1) is 17.1. The minimum atomic E-state index is -1.20. The Morgan fingerprint density at radius 1 is 0.861 bits per heavy atom. The van der Waals surface area contributed by atoms with Gasteiger partial charge in [-0.1, -0.05) is 38.1 Å². The summed E-state index contributed by atoms with van der Waals surface area (Å²) in [4.78, 5) is 26.8. The Kier molecular flexibility index (Phi) is 7.01. The number of ether oxygens (including phenoxy) is 2. The van der Waals surface area contributed by atoms with Gasteiger partial charge in [-0.05, 0) is 67.3 Å². The topological polar surface area (TPSA) is 109 Å². The zero-order valence-corrected chi connectivity index (χ0v) is 20.7. The molecule has 7 heteroatoms. The maximum atomic E-state index is 12.3. The molecular weight excluding hydrogens is 458 g/mol. The lowest BCUT2D eigenvalue weighted by Gasteiger charge is -2.15. The van der Waals surface area contributed by atoms with Crippen LogP contribution in [0.2, 0.25) is 0 Å². The second kappa shape index (κ2) is 10.2. The number of aromatic amines is 1. The van der Waals surface area contributed by atoms with E-state index in [4.69, 9.17) is 9.47 Å². The quantitative estimate of drug-likeness (QED) is 0.238. The van der Waals surface area contributed by atoms with Gasteiger partial charge < -0.3 is 24.7 Å². The fourth-order valence-electron chi connectivity index (χ4n) is 4.23. The second-order valence-corrected chi connectivity index (χ2v) is 9.23. The highest BCUT2D eigenvalue weighted by Crippen LogP contribution is 2.42. The van der Waals surface area contributed by atoms with Crippen LogP contribution in [0.15, 0.2) is 60.7 Å². The van der Waals surface area contributed by atoms with Gasteiger partial charge in [0.15, 0.2) is 0 Å². The summed E-state index contributed by atoms with van der Waals surface area (Å²) in [5.74, 6) is -0.253. The molecule has 0 aliphatic carbocycles. The number of carbonyl (C=O) groups is 2. The highest BCUT2D eigenvalue weighted by Gasteiger charge is 2.25. The van der Waals surface area contributed by atoms with Crippen molar-refractivity contribution in [2.75, 3.05) is 0 Å². The number of carboxylic acid groups (broad SMARTS) is 2. The number of fused-ring (bicyclic) bond motifs is 1. The van der Waals surface area contributed by atoms with E-state index in [0.29, 0.717) is 33.9 Å². The van der Waals surface area contributed by atoms with Crippen molar-refractivity contribution in [3.63, 3.8) is 0 Å². The zero-order valence-electron chi connectivity index (χ0n) is 20.7. The Labute approximate surface area is 209 Å². The summed E-state index contributed by atoms with van der Waals surface area (Å²) < 4.78 is 12.0. The van der Waals surface area contributed by atoms with Crippen molar-refractivity contribution in [2.24, 2.45) is 0 Å². The Morgan fingerprint density at radius 2 is 1.50 bits per heavy atom. The van der Waals surface area contributed by atoms with Gasteiger partial charge in [-0.3, -0.25) is 4.79 Å². The highest BCUT2D eigenvalue weighted by atomic mass is 16.5. The predicted octanol–water partition coefficient (Wildman–Crippen LogP) is 6.86. The van der Waals surface area contributed by atoms with Gasteiger partial charge in [0.1, 0.15) is 17.2 Å². The molecule has 1 aromatic heterocycles. The molecule has 0 unspecified atom stereocenters. The number of nitrogens with one attached hydrogen (secondary N) is 1. The summed E-state index contributed by atoms with van der Waals surface area (Å²) in [6, 6.07) is 18.6. The molecule has 3 aromatic carbocycles. The van der Waals surface area contributed by atoms with Gasteiger partial charge in [0.2, 0.25) is 0 Å². The molecule has 0 aliphatic rings. The lowest BCUT2D eigenvalue weighted by atomic mass is 9.94. The van der Waals surface area contributed by atoms with Crippen LogP contribution in [0, 0.1) is 0 Å². The van der Waals surface area contributed by atoms with Crippen LogP contribution in [0.1, 0.15) is 55.2 Å². The number of aromatic carboxylic acids is 1. The van der Waals surface area contributed by atoms with E-state index in [1.54, 1.807) is 24.3 Å². The predicted molar refractivity (Wildman–Crippen MR) is 138 cm³/mol. The van der Waals surface area contributed by atoms with Gasteiger partial charge in [-0.25, -0.2) is 4.79 Å². The number of rotatable bonds is 9. The smallest absolute Gasteiger partial charge is 0.338 e. The number of benzene rings is 3. The van der Waals surface area contributed by atoms with Crippen molar-refractivity contribution in [2.45, 2.75) is 46.1 Å². The molecule has 0 atom stereocenters. The fourth-order valence-corrected chi connectivity index (χ4v) is 4.23. The van der Waals surface area contributed by atoms with Crippen molar-refractivity contribution >= 4 is 22.8 Å². The second-order valence-electron chi connectivity index (χ2n) is 9.23. The molecule has 0 fully saturated rings. The van der Waals surface area contributed by atoms with E-state index in [2.05, 4.69) is 18.8 Å². The molecule has 0 saturated heterocycles. The van der Waals surface area contributed by atoms with Crippen molar-refractivity contribution in [3.8, 4) is 28.4 Å². The van der Waals surface area contributed by atoms with E-state index in [1.165, 1.54) is 0 Å². The van der Waals surface area contributed by atoms with Crippen LogP contribution >= 0.6 is 0 Å². The number of aromatic nitrogens is 1. The van der Waals surface area contributed by atoms with Crippen molar-refractivity contribution in [3.05, 3.63) is 77.5 Å². The lowest BCUT2D eigenvalue weighted by molar-refractivity contribution is -0.136. The van der Waals surface area contributed by atoms with E-state index < -0.39 is 18.4 Å². The van der Waals surface area contributed by atoms with Gasteiger partial charge in [0.05, 0.1) is 18.1 Å². The number of aliphatic carboxylic acids is 1. The number of carboxylic acids is 2. The summed E-state index contributed by atoms with van der Waals surface area (Å²) in [5.41, 5.74) is 3.09. The monoisotopic (exact) mass is 487 g/mol.